The average Bonchev–Trinajstić information content (AvgIpc) is 3.29. The van der Waals surface area contributed by atoms with Gasteiger partial charge in [-0.25, -0.2) is 4.98 Å². The van der Waals surface area contributed by atoms with Crippen LogP contribution in [0.15, 0.2) is 30.5 Å². The van der Waals surface area contributed by atoms with Crippen molar-refractivity contribution in [2.24, 2.45) is 0 Å². The monoisotopic (exact) mass is 412 g/mol. The molecule has 0 N–H and O–H groups in total. The van der Waals surface area contributed by atoms with Gasteiger partial charge in [-0.3, -0.25) is 19.3 Å². The highest BCUT2D eigenvalue weighted by atomic mass is 32.1. The number of amides is 1. The maximum Gasteiger partial charge on any atom is 0.270 e. The zero-order valence-electron chi connectivity index (χ0n) is 16.6. The molecule has 1 aromatic carbocycles. The second kappa shape index (κ2) is 7.94. The second-order valence-electron chi connectivity index (χ2n) is 7.49. The van der Waals surface area contributed by atoms with E-state index in [0.717, 1.165) is 28.4 Å². The fraction of sp³-hybridized carbons (Fsp3) is 0.429. The van der Waals surface area contributed by atoms with E-state index in [-0.39, 0.29) is 11.6 Å². The Hall–Kier alpha value is -2.74. The van der Waals surface area contributed by atoms with Crippen molar-refractivity contribution in [3.63, 3.8) is 0 Å². The Labute approximate surface area is 173 Å². The van der Waals surface area contributed by atoms with Gasteiger partial charge in [-0.1, -0.05) is 42.7 Å². The van der Waals surface area contributed by atoms with Gasteiger partial charge in [0.25, 0.3) is 11.6 Å². The number of nitro groups is 1. The molecule has 1 fully saturated rings. The van der Waals surface area contributed by atoms with Gasteiger partial charge in [-0.05, 0) is 26.7 Å². The van der Waals surface area contributed by atoms with Crippen LogP contribution >= 0.6 is 11.3 Å². The summed E-state index contributed by atoms with van der Waals surface area (Å²) >= 11 is 1.39. The van der Waals surface area contributed by atoms with Crippen molar-refractivity contribution >= 4 is 27.9 Å². The normalized spacial score (nSPS) is 15.0. The molecule has 1 aliphatic rings. The third-order valence-corrected chi connectivity index (χ3v) is 6.87. The van der Waals surface area contributed by atoms with Crippen molar-refractivity contribution in [1.82, 2.24) is 14.3 Å². The van der Waals surface area contributed by atoms with E-state index in [2.05, 4.69) is 4.98 Å². The summed E-state index contributed by atoms with van der Waals surface area (Å²) in [4.78, 5) is 32.0. The van der Waals surface area contributed by atoms with Crippen molar-refractivity contribution in [1.29, 1.82) is 0 Å². The molecular weight excluding hydrogens is 388 g/mol. The van der Waals surface area contributed by atoms with Gasteiger partial charge in [-0.2, -0.15) is 0 Å². The number of imidazole rings is 1. The molecule has 0 unspecified atom stereocenters. The third kappa shape index (κ3) is 3.64. The van der Waals surface area contributed by atoms with Crippen molar-refractivity contribution in [3.05, 3.63) is 51.1 Å². The van der Waals surface area contributed by atoms with Crippen LogP contribution in [0, 0.1) is 17.0 Å². The van der Waals surface area contributed by atoms with Crippen LogP contribution in [0.4, 0.5) is 5.69 Å². The first-order valence-corrected chi connectivity index (χ1v) is 10.9. The summed E-state index contributed by atoms with van der Waals surface area (Å²) < 4.78 is 1.92. The van der Waals surface area contributed by atoms with E-state index in [4.69, 9.17) is 0 Å². The number of rotatable bonds is 5. The van der Waals surface area contributed by atoms with Gasteiger partial charge in [0, 0.05) is 42.2 Å². The molecule has 2 heterocycles. The summed E-state index contributed by atoms with van der Waals surface area (Å²) in [5.74, 6) is 0.0873. The summed E-state index contributed by atoms with van der Waals surface area (Å²) in [7, 11) is 0. The van der Waals surface area contributed by atoms with Crippen LogP contribution in [0.1, 0.15) is 54.4 Å². The van der Waals surface area contributed by atoms with E-state index in [9.17, 15) is 14.9 Å². The molecule has 3 aromatic rings. The Morgan fingerprint density at radius 1 is 1.34 bits per heavy atom. The van der Waals surface area contributed by atoms with Crippen molar-refractivity contribution in [2.45, 2.75) is 52.0 Å². The molecular formula is C21H24N4O3S. The first-order valence-electron chi connectivity index (χ1n) is 10.0. The van der Waals surface area contributed by atoms with Crippen LogP contribution in [0.5, 0.6) is 0 Å². The number of non-ortho nitro benzene ring substituents is 1. The average molecular weight is 413 g/mol. The molecule has 29 heavy (non-hydrogen) atoms. The Kier molecular flexibility index (Phi) is 5.36. The van der Waals surface area contributed by atoms with Gasteiger partial charge in [0.1, 0.15) is 4.88 Å². The lowest BCUT2D eigenvalue weighted by atomic mass is 9.94. The molecule has 8 heteroatoms. The van der Waals surface area contributed by atoms with Crippen LogP contribution in [0.2, 0.25) is 0 Å². The number of carbonyl (C=O) groups excluding carboxylic acids is 1. The smallest absolute Gasteiger partial charge is 0.270 e. The zero-order valence-corrected chi connectivity index (χ0v) is 17.4. The second-order valence-corrected chi connectivity index (χ2v) is 8.46. The van der Waals surface area contributed by atoms with Crippen LogP contribution in [-0.2, 0) is 0 Å². The maximum absolute atomic E-state index is 13.3. The number of hydrogen-bond donors (Lipinski definition) is 0. The van der Waals surface area contributed by atoms with Crippen LogP contribution < -0.4 is 0 Å². The van der Waals surface area contributed by atoms with Crippen molar-refractivity contribution < 1.29 is 9.72 Å². The number of thiazole rings is 1. The highest BCUT2D eigenvalue weighted by Crippen LogP contribution is 2.31. The minimum atomic E-state index is -0.408. The van der Waals surface area contributed by atoms with Crippen LogP contribution in [0.3, 0.4) is 0 Å². The first kappa shape index (κ1) is 19.6. The molecule has 152 valence electrons. The minimum Gasteiger partial charge on any atom is -0.335 e. The summed E-state index contributed by atoms with van der Waals surface area (Å²) in [6.07, 6.45) is 7.65. The van der Waals surface area contributed by atoms with E-state index in [1.165, 1.54) is 42.7 Å². The van der Waals surface area contributed by atoms with Gasteiger partial charge in [0.15, 0.2) is 4.96 Å². The molecule has 2 aromatic heterocycles. The number of nitro benzene ring substituents is 1. The standard InChI is InChI=1S/C21H24N4O3S/c1-3-23(16-9-5-4-6-10-16)20(26)19-14(2)24-13-18(22-21(24)29-19)15-8-7-11-17(12-15)25(27)28/h7-8,11-13,16H,3-6,9-10H2,1-2H3. The number of aryl methyl sites for hydroxylation is 1. The lowest BCUT2D eigenvalue weighted by Gasteiger charge is -2.33. The zero-order chi connectivity index (χ0) is 20.5. The third-order valence-electron chi connectivity index (χ3n) is 5.72. The van der Waals surface area contributed by atoms with Gasteiger partial charge in [0.05, 0.1) is 10.6 Å². The minimum absolute atomic E-state index is 0.0394. The number of fused-ring (bicyclic) bond motifs is 1. The van der Waals surface area contributed by atoms with Gasteiger partial charge >= 0.3 is 0 Å². The molecule has 1 amide bonds. The van der Waals surface area contributed by atoms with Gasteiger partial charge < -0.3 is 4.90 Å². The van der Waals surface area contributed by atoms with E-state index in [0.29, 0.717) is 23.8 Å². The Bertz CT molecular complexity index is 1070. The SMILES string of the molecule is CCN(C(=O)c1sc2nc(-c3cccc([N+](=O)[O-])c3)cn2c1C)C1CCCCC1. The van der Waals surface area contributed by atoms with E-state index in [1.54, 1.807) is 6.07 Å². The number of carbonyl (C=O) groups is 1. The number of nitrogens with zero attached hydrogens (tertiary/aromatic N) is 4. The highest BCUT2D eigenvalue weighted by Gasteiger charge is 2.28. The molecule has 4 rings (SSSR count). The van der Waals surface area contributed by atoms with Crippen LogP contribution in [-0.4, -0.2) is 37.7 Å². The lowest BCUT2D eigenvalue weighted by Crippen LogP contribution is -2.41. The van der Waals surface area contributed by atoms with E-state index >= 15 is 0 Å². The summed E-state index contributed by atoms with van der Waals surface area (Å²) in [6.45, 7) is 4.69. The predicted molar refractivity (Wildman–Crippen MR) is 113 cm³/mol. The largest absolute Gasteiger partial charge is 0.335 e. The molecule has 1 aliphatic carbocycles. The van der Waals surface area contributed by atoms with Gasteiger partial charge in [0.2, 0.25) is 0 Å². The molecule has 0 atom stereocenters. The number of hydrogen-bond acceptors (Lipinski definition) is 5. The molecule has 0 aliphatic heterocycles. The molecule has 0 radical (unpaired) electrons. The quantitative estimate of drug-likeness (QED) is 0.433. The fourth-order valence-electron chi connectivity index (χ4n) is 4.16. The number of aromatic nitrogens is 2. The predicted octanol–water partition coefficient (Wildman–Crippen LogP) is 5.07. The summed E-state index contributed by atoms with van der Waals surface area (Å²) in [5, 5.41) is 11.0. The molecule has 0 bridgehead atoms. The molecule has 7 nitrogen and oxygen atoms in total. The van der Waals surface area contributed by atoms with Crippen molar-refractivity contribution in [2.75, 3.05) is 6.54 Å². The summed E-state index contributed by atoms with van der Waals surface area (Å²) in [5.41, 5.74) is 2.27. The van der Waals surface area contributed by atoms with E-state index < -0.39 is 4.92 Å². The lowest BCUT2D eigenvalue weighted by molar-refractivity contribution is -0.384. The van der Waals surface area contributed by atoms with Gasteiger partial charge in [-0.15, -0.1) is 0 Å². The van der Waals surface area contributed by atoms with Crippen molar-refractivity contribution in [3.8, 4) is 11.3 Å². The Morgan fingerprint density at radius 3 is 2.76 bits per heavy atom. The fourth-order valence-corrected chi connectivity index (χ4v) is 5.22. The summed E-state index contributed by atoms with van der Waals surface area (Å²) in [6, 6.07) is 6.79. The Morgan fingerprint density at radius 2 is 2.10 bits per heavy atom. The topological polar surface area (TPSA) is 80.8 Å². The molecule has 0 saturated heterocycles. The first-order chi connectivity index (χ1) is 14.0. The van der Waals surface area contributed by atoms with E-state index in [1.807, 2.05) is 35.4 Å². The van der Waals surface area contributed by atoms with Crippen LogP contribution in [0.25, 0.3) is 16.2 Å². The maximum atomic E-state index is 13.3. The highest BCUT2D eigenvalue weighted by molar-refractivity contribution is 7.19. The number of benzene rings is 1. The Balaban J connectivity index is 1.65. The molecule has 0 spiro atoms. The molecule has 1 saturated carbocycles.